The van der Waals surface area contributed by atoms with Crippen LogP contribution >= 0.6 is 0 Å². The molecule has 0 aromatic carbocycles. The SMILES string of the molecule is CNC(C)C(c1cncc(OC(C)C)n1)C(C)C. The first kappa shape index (κ1) is 14.9. The van der Waals surface area contributed by atoms with Gasteiger partial charge in [0, 0.05) is 18.2 Å². The summed E-state index contributed by atoms with van der Waals surface area (Å²) in [6.07, 6.45) is 3.63. The molecule has 1 aromatic rings. The van der Waals surface area contributed by atoms with Crippen LogP contribution in [-0.2, 0) is 0 Å². The Labute approximate surface area is 110 Å². The molecule has 1 heterocycles. The monoisotopic (exact) mass is 251 g/mol. The van der Waals surface area contributed by atoms with E-state index in [-0.39, 0.29) is 6.10 Å². The predicted octanol–water partition coefficient (Wildman–Crippen LogP) is 2.61. The summed E-state index contributed by atoms with van der Waals surface area (Å²) in [5, 5.41) is 3.30. The smallest absolute Gasteiger partial charge is 0.232 e. The Bertz CT molecular complexity index is 366. The van der Waals surface area contributed by atoms with Gasteiger partial charge in [0.15, 0.2) is 0 Å². The Kier molecular flexibility index (Phi) is 5.54. The zero-order valence-electron chi connectivity index (χ0n) is 12.3. The van der Waals surface area contributed by atoms with Crippen molar-refractivity contribution in [3.63, 3.8) is 0 Å². The van der Waals surface area contributed by atoms with Gasteiger partial charge >= 0.3 is 0 Å². The van der Waals surface area contributed by atoms with Gasteiger partial charge in [-0.15, -0.1) is 0 Å². The van der Waals surface area contributed by atoms with E-state index in [0.29, 0.717) is 23.8 Å². The molecule has 0 aliphatic heterocycles. The van der Waals surface area contributed by atoms with Crippen LogP contribution < -0.4 is 10.1 Å². The van der Waals surface area contributed by atoms with Gasteiger partial charge in [-0.05, 0) is 33.7 Å². The predicted molar refractivity (Wildman–Crippen MR) is 73.9 cm³/mol. The van der Waals surface area contributed by atoms with Gasteiger partial charge in [-0.1, -0.05) is 13.8 Å². The third kappa shape index (κ3) is 3.95. The van der Waals surface area contributed by atoms with Gasteiger partial charge in [0.1, 0.15) is 0 Å². The Morgan fingerprint density at radius 3 is 2.28 bits per heavy atom. The molecule has 1 N–H and O–H groups in total. The van der Waals surface area contributed by atoms with E-state index in [1.807, 2.05) is 27.1 Å². The summed E-state index contributed by atoms with van der Waals surface area (Å²) < 4.78 is 5.60. The van der Waals surface area contributed by atoms with Gasteiger partial charge in [0.05, 0.1) is 18.0 Å². The van der Waals surface area contributed by atoms with E-state index in [9.17, 15) is 0 Å². The maximum atomic E-state index is 5.60. The molecular weight excluding hydrogens is 226 g/mol. The fourth-order valence-corrected chi connectivity index (χ4v) is 2.18. The molecule has 102 valence electrons. The summed E-state index contributed by atoms with van der Waals surface area (Å²) in [4.78, 5) is 8.82. The highest BCUT2D eigenvalue weighted by molar-refractivity contribution is 5.14. The van der Waals surface area contributed by atoms with Gasteiger partial charge < -0.3 is 10.1 Å². The molecule has 0 aliphatic rings. The van der Waals surface area contributed by atoms with E-state index in [1.165, 1.54) is 0 Å². The van der Waals surface area contributed by atoms with Crippen LogP contribution in [0.25, 0.3) is 0 Å². The zero-order valence-corrected chi connectivity index (χ0v) is 12.3. The lowest BCUT2D eigenvalue weighted by molar-refractivity contribution is 0.229. The van der Waals surface area contributed by atoms with Crippen LogP contribution in [0.15, 0.2) is 12.4 Å². The molecule has 4 nitrogen and oxygen atoms in total. The number of hydrogen-bond donors (Lipinski definition) is 1. The van der Waals surface area contributed by atoms with Crippen LogP contribution in [0.3, 0.4) is 0 Å². The highest BCUT2D eigenvalue weighted by Crippen LogP contribution is 2.27. The lowest BCUT2D eigenvalue weighted by atomic mass is 9.86. The minimum atomic E-state index is 0.119. The molecule has 0 fully saturated rings. The molecule has 4 heteroatoms. The van der Waals surface area contributed by atoms with Gasteiger partial charge in [-0.3, -0.25) is 4.98 Å². The lowest BCUT2D eigenvalue weighted by Crippen LogP contribution is -2.32. The zero-order chi connectivity index (χ0) is 13.7. The fourth-order valence-electron chi connectivity index (χ4n) is 2.18. The Balaban J connectivity index is 2.98. The van der Waals surface area contributed by atoms with Crippen molar-refractivity contribution in [1.82, 2.24) is 15.3 Å². The number of nitrogens with zero attached hydrogens (tertiary/aromatic N) is 2. The summed E-state index contributed by atoms with van der Waals surface area (Å²) in [5.74, 6) is 1.44. The van der Waals surface area contributed by atoms with Crippen molar-refractivity contribution >= 4 is 0 Å². The van der Waals surface area contributed by atoms with E-state index < -0.39 is 0 Å². The van der Waals surface area contributed by atoms with Crippen molar-refractivity contribution in [2.75, 3.05) is 7.05 Å². The summed E-state index contributed by atoms with van der Waals surface area (Å²) >= 11 is 0. The molecule has 18 heavy (non-hydrogen) atoms. The minimum absolute atomic E-state index is 0.119. The highest BCUT2D eigenvalue weighted by Gasteiger charge is 2.23. The molecule has 2 atom stereocenters. The molecule has 0 aliphatic carbocycles. The molecular formula is C14H25N3O. The molecule has 0 saturated heterocycles. The first-order valence-corrected chi connectivity index (χ1v) is 6.61. The maximum absolute atomic E-state index is 5.60. The summed E-state index contributed by atoms with van der Waals surface area (Å²) in [6.45, 7) is 10.6. The van der Waals surface area contributed by atoms with E-state index in [0.717, 1.165) is 5.69 Å². The molecule has 0 bridgehead atoms. The van der Waals surface area contributed by atoms with Crippen LogP contribution in [0.4, 0.5) is 0 Å². The number of ether oxygens (including phenoxy) is 1. The average molecular weight is 251 g/mol. The second-order valence-electron chi connectivity index (χ2n) is 5.30. The minimum Gasteiger partial charge on any atom is -0.474 e. The normalized spacial score (nSPS) is 14.9. The van der Waals surface area contributed by atoms with Gasteiger partial charge in [0.25, 0.3) is 0 Å². The Morgan fingerprint density at radius 2 is 1.78 bits per heavy atom. The quantitative estimate of drug-likeness (QED) is 0.844. The van der Waals surface area contributed by atoms with E-state index in [4.69, 9.17) is 4.74 Å². The molecule has 0 radical (unpaired) electrons. The van der Waals surface area contributed by atoms with Crippen molar-refractivity contribution in [2.45, 2.75) is 52.7 Å². The van der Waals surface area contributed by atoms with E-state index >= 15 is 0 Å². The lowest BCUT2D eigenvalue weighted by Gasteiger charge is -2.26. The van der Waals surface area contributed by atoms with Gasteiger partial charge in [-0.2, -0.15) is 0 Å². The van der Waals surface area contributed by atoms with Crippen molar-refractivity contribution in [1.29, 1.82) is 0 Å². The first-order chi connectivity index (χ1) is 8.45. The topological polar surface area (TPSA) is 47.0 Å². The summed E-state index contributed by atoms with van der Waals surface area (Å²) in [5.41, 5.74) is 0.991. The van der Waals surface area contributed by atoms with Crippen LogP contribution in [0.5, 0.6) is 5.88 Å². The van der Waals surface area contributed by atoms with Gasteiger partial charge in [-0.25, -0.2) is 4.98 Å². The average Bonchev–Trinajstić information content (AvgIpc) is 2.28. The molecule has 1 rings (SSSR count). The second-order valence-corrected chi connectivity index (χ2v) is 5.30. The van der Waals surface area contributed by atoms with Crippen LogP contribution in [0.1, 0.15) is 46.2 Å². The third-order valence-corrected chi connectivity index (χ3v) is 3.04. The molecule has 1 aromatic heterocycles. The highest BCUT2D eigenvalue weighted by atomic mass is 16.5. The molecule has 0 spiro atoms. The number of likely N-dealkylation sites (N-methyl/N-ethyl adjacent to an activating group) is 1. The molecule has 0 saturated carbocycles. The number of nitrogens with one attached hydrogen (secondary N) is 1. The molecule has 2 unspecified atom stereocenters. The van der Waals surface area contributed by atoms with Crippen molar-refractivity contribution < 1.29 is 4.74 Å². The largest absolute Gasteiger partial charge is 0.474 e. The maximum Gasteiger partial charge on any atom is 0.232 e. The second kappa shape index (κ2) is 6.69. The number of hydrogen-bond acceptors (Lipinski definition) is 4. The van der Waals surface area contributed by atoms with Gasteiger partial charge in [0.2, 0.25) is 5.88 Å². The van der Waals surface area contributed by atoms with E-state index in [1.54, 1.807) is 6.20 Å². The van der Waals surface area contributed by atoms with Crippen molar-refractivity contribution in [3.8, 4) is 5.88 Å². The molecule has 0 amide bonds. The number of rotatable bonds is 6. The van der Waals surface area contributed by atoms with Crippen LogP contribution in [-0.4, -0.2) is 29.2 Å². The Morgan fingerprint density at radius 1 is 1.11 bits per heavy atom. The Hall–Kier alpha value is -1.16. The van der Waals surface area contributed by atoms with Crippen molar-refractivity contribution in [2.24, 2.45) is 5.92 Å². The summed E-state index contributed by atoms with van der Waals surface area (Å²) in [6, 6.07) is 0.355. The third-order valence-electron chi connectivity index (χ3n) is 3.04. The fraction of sp³-hybridized carbons (Fsp3) is 0.714. The van der Waals surface area contributed by atoms with Crippen LogP contribution in [0.2, 0.25) is 0 Å². The number of aromatic nitrogens is 2. The van der Waals surface area contributed by atoms with Crippen LogP contribution in [0, 0.1) is 5.92 Å². The summed E-state index contributed by atoms with van der Waals surface area (Å²) in [7, 11) is 1.97. The first-order valence-electron chi connectivity index (χ1n) is 6.61. The van der Waals surface area contributed by atoms with Crippen molar-refractivity contribution in [3.05, 3.63) is 18.1 Å². The van der Waals surface area contributed by atoms with E-state index in [2.05, 4.69) is 36.1 Å². The standard InChI is InChI=1S/C14H25N3O/c1-9(2)14(11(5)15-6)12-7-16-8-13(17-12)18-10(3)4/h7-11,14-15H,1-6H3.